The molecule has 0 atom stereocenters. The highest BCUT2D eigenvalue weighted by Crippen LogP contribution is 2.38. The van der Waals surface area contributed by atoms with Crippen molar-refractivity contribution in [1.29, 1.82) is 0 Å². The molecular formula is C25H30ClN3O5. The number of para-hydroxylation sites is 1. The Labute approximate surface area is 203 Å². The fraction of sp³-hybridized carbons (Fsp3) is 0.400. The minimum Gasteiger partial charge on any atom is -0.443 e. The number of ether oxygens (including phenoxy) is 2. The smallest absolute Gasteiger partial charge is 0.436 e. The van der Waals surface area contributed by atoms with Crippen molar-refractivity contribution in [3.05, 3.63) is 56.8 Å². The highest BCUT2D eigenvalue weighted by Gasteiger charge is 2.32. The number of amides is 1. The largest absolute Gasteiger partial charge is 0.443 e. The van der Waals surface area contributed by atoms with E-state index in [-0.39, 0.29) is 10.9 Å². The lowest BCUT2D eigenvalue weighted by molar-refractivity contribution is 0.0507. The lowest BCUT2D eigenvalue weighted by Gasteiger charge is -2.31. The molecule has 3 rings (SSSR count). The van der Waals surface area contributed by atoms with Gasteiger partial charge in [0.1, 0.15) is 11.2 Å². The van der Waals surface area contributed by atoms with Crippen LogP contribution in [0.1, 0.15) is 60.5 Å². The van der Waals surface area contributed by atoms with Gasteiger partial charge in [-0.1, -0.05) is 42.8 Å². The summed E-state index contributed by atoms with van der Waals surface area (Å²) >= 11 is 6.57. The van der Waals surface area contributed by atoms with Crippen molar-refractivity contribution in [2.24, 2.45) is 0 Å². The van der Waals surface area contributed by atoms with Crippen LogP contribution in [0.2, 0.25) is 0 Å². The Morgan fingerprint density at radius 2 is 1.62 bits per heavy atom. The van der Waals surface area contributed by atoms with Crippen LogP contribution in [0.15, 0.2) is 35.1 Å². The van der Waals surface area contributed by atoms with Gasteiger partial charge >= 0.3 is 12.2 Å². The molecule has 1 aromatic carbocycles. The average Bonchev–Trinajstić information content (AvgIpc) is 3.01. The molecule has 0 aliphatic carbocycles. The van der Waals surface area contributed by atoms with Gasteiger partial charge in [0.2, 0.25) is 0 Å². The number of halogens is 1. The molecule has 9 heteroatoms. The second-order valence-electron chi connectivity index (χ2n) is 9.84. The number of nitrogens with zero attached hydrogens (tertiary/aromatic N) is 2. The van der Waals surface area contributed by atoms with E-state index in [1.807, 2.05) is 6.92 Å². The fourth-order valence-electron chi connectivity index (χ4n) is 3.44. The number of anilines is 1. The van der Waals surface area contributed by atoms with Crippen LogP contribution < -0.4 is 21.0 Å². The molecule has 1 aliphatic rings. The van der Waals surface area contributed by atoms with Gasteiger partial charge in [0.25, 0.3) is 5.56 Å². The van der Waals surface area contributed by atoms with Crippen molar-refractivity contribution in [2.75, 3.05) is 4.90 Å². The van der Waals surface area contributed by atoms with Crippen molar-refractivity contribution in [3.8, 4) is 0 Å². The first-order chi connectivity index (χ1) is 15.7. The van der Waals surface area contributed by atoms with Crippen LogP contribution in [0.4, 0.5) is 15.3 Å². The van der Waals surface area contributed by atoms with E-state index < -0.39 is 28.9 Å². The summed E-state index contributed by atoms with van der Waals surface area (Å²) in [7, 11) is 0. The van der Waals surface area contributed by atoms with Crippen molar-refractivity contribution < 1.29 is 19.1 Å². The zero-order valence-electron chi connectivity index (χ0n) is 20.5. The molecule has 1 aliphatic heterocycles. The summed E-state index contributed by atoms with van der Waals surface area (Å²) in [4.78, 5) is 40.9. The molecule has 0 saturated heterocycles. The van der Waals surface area contributed by atoms with E-state index in [2.05, 4.69) is 5.10 Å². The Hall–Kier alpha value is -3.26. The Morgan fingerprint density at radius 3 is 2.21 bits per heavy atom. The van der Waals surface area contributed by atoms with Crippen molar-refractivity contribution in [1.82, 2.24) is 9.78 Å². The quantitative estimate of drug-likeness (QED) is 0.647. The lowest BCUT2D eigenvalue weighted by Crippen LogP contribution is -2.46. The van der Waals surface area contributed by atoms with E-state index in [4.69, 9.17) is 21.1 Å². The molecule has 1 N–H and O–H groups in total. The molecule has 8 nitrogen and oxygen atoms in total. The van der Waals surface area contributed by atoms with E-state index in [1.165, 1.54) is 11.0 Å². The third kappa shape index (κ3) is 5.28. The fourth-order valence-corrected chi connectivity index (χ4v) is 3.70. The van der Waals surface area contributed by atoms with E-state index in [9.17, 15) is 14.4 Å². The monoisotopic (exact) mass is 487 g/mol. The summed E-state index contributed by atoms with van der Waals surface area (Å²) in [5.74, 6) is 0. The van der Waals surface area contributed by atoms with Crippen molar-refractivity contribution >= 4 is 46.3 Å². The van der Waals surface area contributed by atoms with Crippen LogP contribution >= 0.6 is 11.6 Å². The predicted molar refractivity (Wildman–Crippen MR) is 133 cm³/mol. The first-order valence-corrected chi connectivity index (χ1v) is 11.4. The molecule has 182 valence electrons. The number of H-pyrrole nitrogens is 1. The average molecular weight is 488 g/mol. The maximum atomic E-state index is 13.5. The standard InChI is InChI=1S/C25H30ClN3O5/c1-8-11-17-20(21(30)29(27-17)23(32)34-25(5,6)7)19-14-16(26)15-12-9-10-13-18(15)28(19)22(31)33-24(2,3)4/h9-14,27H,8H2,1-7H3. The minimum atomic E-state index is -0.856. The van der Waals surface area contributed by atoms with Crippen LogP contribution in [0.25, 0.3) is 16.8 Å². The van der Waals surface area contributed by atoms with Gasteiger partial charge in [-0.05, 0) is 60.1 Å². The number of aromatic nitrogens is 2. The Kier molecular flexibility index (Phi) is 6.85. The van der Waals surface area contributed by atoms with E-state index in [0.29, 0.717) is 28.1 Å². The molecule has 0 radical (unpaired) electrons. The first-order valence-electron chi connectivity index (χ1n) is 11.0. The summed E-state index contributed by atoms with van der Waals surface area (Å²) in [6.45, 7) is 12.3. The molecule has 0 saturated carbocycles. The van der Waals surface area contributed by atoms with Crippen LogP contribution in [0, 0.1) is 0 Å². The van der Waals surface area contributed by atoms with Crippen molar-refractivity contribution in [2.45, 2.75) is 66.1 Å². The number of hydrogen-bond donors (Lipinski definition) is 1. The number of rotatable bonds is 1. The Morgan fingerprint density at radius 1 is 1.03 bits per heavy atom. The molecule has 2 heterocycles. The highest BCUT2D eigenvalue weighted by molar-refractivity contribution is 6.50. The zero-order chi connectivity index (χ0) is 25.4. The second kappa shape index (κ2) is 9.18. The molecule has 2 aromatic rings. The molecular weight excluding hydrogens is 458 g/mol. The van der Waals surface area contributed by atoms with Gasteiger partial charge in [-0.2, -0.15) is 0 Å². The minimum absolute atomic E-state index is 0.103. The maximum Gasteiger partial charge on any atom is 0.436 e. The van der Waals surface area contributed by atoms with Gasteiger partial charge in [-0.25, -0.2) is 14.5 Å². The number of nitrogens with one attached hydrogen (secondary N) is 1. The van der Waals surface area contributed by atoms with Gasteiger partial charge < -0.3 is 9.47 Å². The maximum absolute atomic E-state index is 13.5. The predicted octanol–water partition coefficient (Wildman–Crippen LogP) is 4.29. The van der Waals surface area contributed by atoms with Gasteiger partial charge in [0, 0.05) is 5.56 Å². The van der Waals surface area contributed by atoms with Crippen molar-refractivity contribution in [3.63, 3.8) is 0 Å². The van der Waals surface area contributed by atoms with E-state index >= 15 is 0 Å². The van der Waals surface area contributed by atoms with Gasteiger partial charge in [0.15, 0.2) is 0 Å². The zero-order valence-corrected chi connectivity index (χ0v) is 21.2. The highest BCUT2D eigenvalue weighted by atomic mass is 35.5. The van der Waals surface area contributed by atoms with Crippen LogP contribution in [-0.4, -0.2) is 33.2 Å². The number of carbonyl (C=O) groups excluding carboxylic acids is 2. The number of aromatic amines is 1. The second-order valence-corrected chi connectivity index (χ2v) is 10.3. The molecule has 0 bridgehead atoms. The van der Waals surface area contributed by atoms with Gasteiger partial charge in [-0.15, -0.1) is 4.68 Å². The van der Waals surface area contributed by atoms with E-state index in [1.54, 1.807) is 71.9 Å². The number of hydrogen-bond acceptors (Lipinski definition) is 5. The normalized spacial score (nSPS) is 16.2. The third-order valence-corrected chi connectivity index (χ3v) is 4.95. The van der Waals surface area contributed by atoms with Crippen LogP contribution in [0.3, 0.4) is 0 Å². The van der Waals surface area contributed by atoms with Crippen LogP contribution in [-0.2, 0) is 9.47 Å². The summed E-state index contributed by atoms with van der Waals surface area (Å²) in [5, 5.41) is 3.63. The van der Waals surface area contributed by atoms with Crippen LogP contribution in [0.5, 0.6) is 0 Å². The number of benzene rings is 1. The third-order valence-electron chi connectivity index (χ3n) is 4.64. The topological polar surface area (TPSA) is 93.6 Å². The Bertz CT molecular complexity index is 1340. The lowest BCUT2D eigenvalue weighted by atomic mass is 10.0. The van der Waals surface area contributed by atoms with Gasteiger partial charge in [0.05, 0.1) is 27.0 Å². The molecule has 0 fully saturated rings. The summed E-state index contributed by atoms with van der Waals surface area (Å²) in [6, 6.07) is 7.06. The number of carbonyl (C=O) groups is 2. The summed E-state index contributed by atoms with van der Waals surface area (Å²) in [6.07, 6.45) is 2.31. The molecule has 0 unspecified atom stereocenters. The SMILES string of the molecule is CCC=c1[nH]n(C(=O)OC(C)(C)C)c(=O)c1=C1C=C(Cl)c2ccccc2N1C(=O)OC(C)(C)C. The molecule has 0 spiro atoms. The first kappa shape index (κ1) is 25.4. The van der Waals surface area contributed by atoms with Gasteiger partial charge in [-0.3, -0.25) is 9.89 Å². The molecule has 34 heavy (non-hydrogen) atoms. The number of fused-ring (bicyclic) bond motifs is 1. The molecule has 1 aromatic heterocycles. The Balaban J connectivity index is 2.39. The molecule has 1 amide bonds. The summed E-state index contributed by atoms with van der Waals surface area (Å²) < 4.78 is 11.8. The summed E-state index contributed by atoms with van der Waals surface area (Å²) in [5.41, 5.74) is -0.984. The van der Waals surface area contributed by atoms with E-state index in [0.717, 1.165) is 4.68 Å².